The minimum Gasteiger partial charge on any atom is -0.447 e. The molecule has 1 aromatic heterocycles. The number of carbonyl (C=O) groups is 4. The summed E-state index contributed by atoms with van der Waals surface area (Å²) in [5, 5.41) is 0. The number of amides is 4. The Bertz CT molecular complexity index is 6180. The Hall–Kier alpha value is -12.8. The Balaban J connectivity index is 0.000000149. The molecule has 131 heavy (non-hydrogen) atoms. The van der Waals surface area contributed by atoms with E-state index in [0.717, 1.165) is 102 Å². The summed E-state index contributed by atoms with van der Waals surface area (Å²) in [4.78, 5) is 61.8. The van der Waals surface area contributed by atoms with Gasteiger partial charge in [0.15, 0.2) is 6.10 Å². The van der Waals surface area contributed by atoms with Crippen molar-refractivity contribution in [2.45, 2.75) is 218 Å². The summed E-state index contributed by atoms with van der Waals surface area (Å²) in [7, 11) is 0. The standard InChI is InChI=1S/2C29H30F3NO2.C28H31NO2.C26H28N2O2/c1-17(2)21-8-7-20(5)26(14-21)25-9-6-18(3)10-23(25)15-33-27(16-35-28(33)34)22-11-19(4)12-24(13-22)29(30,31)32;1-17(2)21-8-7-20(5)26(14-21)25-9-6-18(3)10-23(25)15-33-16-27(35-28(33)34)22-11-19(4)12-24(13-22)29(30,31)32;1-18(2)23-12-9-21(5)26(15-23)25-13-8-20(4)14-24(25)16-29-17-27(31-28(29)30)22-10-6-19(3)7-11-22;1-17(2)20-10-9-19(4)23(14-20)22-11-8-18(3)13-21(22)15-28-16-25(30-26(28)29)24-7-5-6-12-27-24/h2*6-14,17,27H,15-16H2,1-5H3;6-15,18,27H,16-17H2,1-5H3;5-14,17,25H,15-16H2,1-4H3. The van der Waals surface area contributed by atoms with Gasteiger partial charge in [-0.05, 0) is 264 Å². The molecule has 0 aliphatic carbocycles. The van der Waals surface area contributed by atoms with Gasteiger partial charge in [-0.2, -0.15) is 26.3 Å². The zero-order chi connectivity index (χ0) is 94.4. The normalized spacial score (nSPS) is 16.2. The maximum atomic E-state index is 13.5. The third-order valence-electron chi connectivity index (χ3n) is 25.1. The summed E-state index contributed by atoms with van der Waals surface area (Å²) in [6, 6.07) is 72.7. The number of rotatable bonds is 20. The van der Waals surface area contributed by atoms with Gasteiger partial charge >= 0.3 is 36.7 Å². The highest BCUT2D eigenvalue weighted by Gasteiger charge is 2.41. The summed E-state index contributed by atoms with van der Waals surface area (Å²) in [6.45, 7) is 42.3. The Morgan fingerprint density at radius 3 is 1.00 bits per heavy atom. The van der Waals surface area contributed by atoms with Crippen LogP contribution in [0.3, 0.4) is 0 Å². The quantitative estimate of drug-likeness (QED) is 0.0540. The van der Waals surface area contributed by atoms with Crippen LogP contribution < -0.4 is 0 Å². The topological polar surface area (TPSA) is 131 Å². The average Bonchev–Trinajstić information content (AvgIpc) is 1.59. The predicted octanol–water partition coefficient (Wildman–Crippen LogP) is 29.5. The average molecular weight is 1780 g/mol. The molecule has 0 spiro atoms. The summed E-state index contributed by atoms with van der Waals surface area (Å²) in [6.07, 6.45) is -10.0. The number of alkyl halides is 6. The molecule has 4 unspecified atom stereocenters. The van der Waals surface area contributed by atoms with Gasteiger partial charge in [0.25, 0.3) is 0 Å². The van der Waals surface area contributed by atoms with Crippen molar-refractivity contribution >= 4 is 24.4 Å². The van der Waals surface area contributed by atoms with E-state index in [2.05, 4.69) is 267 Å². The van der Waals surface area contributed by atoms with Crippen LogP contribution in [0.2, 0.25) is 0 Å². The first kappa shape index (κ1) is 95.8. The first-order valence-electron chi connectivity index (χ1n) is 45.1. The molecule has 4 aliphatic heterocycles. The van der Waals surface area contributed by atoms with Crippen molar-refractivity contribution in [2.24, 2.45) is 0 Å². The number of cyclic esters (lactones) is 4. The van der Waals surface area contributed by atoms with Crippen molar-refractivity contribution in [3.8, 4) is 44.5 Å². The Kier molecular flexibility index (Phi) is 29.8. The number of aryl methyl sites for hydroxylation is 11. The van der Waals surface area contributed by atoms with Crippen molar-refractivity contribution in [3.63, 3.8) is 0 Å². The number of hydrogen-bond donors (Lipinski definition) is 0. The molecule has 4 fully saturated rings. The third-order valence-corrected chi connectivity index (χ3v) is 25.1. The molecule has 4 aliphatic rings. The number of pyridine rings is 1. The minimum absolute atomic E-state index is 0.0165. The molecular weight excluding hydrogens is 1660 g/mol. The monoisotopic (exact) mass is 1780 g/mol. The van der Waals surface area contributed by atoms with Gasteiger partial charge < -0.3 is 18.9 Å². The second-order valence-electron chi connectivity index (χ2n) is 37.0. The molecule has 4 saturated heterocycles. The second kappa shape index (κ2) is 40.7. The maximum absolute atomic E-state index is 13.5. The summed E-state index contributed by atoms with van der Waals surface area (Å²) in [5.74, 6) is 1.68. The highest BCUT2D eigenvalue weighted by Crippen LogP contribution is 2.43. The van der Waals surface area contributed by atoms with Crippen molar-refractivity contribution in [1.29, 1.82) is 0 Å². The van der Waals surface area contributed by atoms with E-state index < -0.39 is 47.8 Å². The zero-order valence-electron chi connectivity index (χ0n) is 78.5. The van der Waals surface area contributed by atoms with Crippen molar-refractivity contribution in [2.75, 3.05) is 26.2 Å². The molecule has 4 amide bonds. The smallest absolute Gasteiger partial charge is 0.416 e. The van der Waals surface area contributed by atoms with E-state index in [4.69, 9.17) is 18.9 Å². The van der Waals surface area contributed by atoms with E-state index in [1.807, 2.05) is 49.1 Å². The molecule has 4 atom stereocenters. The fraction of sp³-hybridized carbons (Fsp3) is 0.330. The van der Waals surface area contributed by atoms with Crippen LogP contribution >= 0.6 is 0 Å². The number of ether oxygens (including phenoxy) is 4. The molecular formula is C112H119F6N5O8. The van der Waals surface area contributed by atoms with Gasteiger partial charge in [0.2, 0.25) is 0 Å². The molecule has 0 bridgehead atoms. The molecule has 5 heterocycles. The van der Waals surface area contributed by atoms with E-state index in [9.17, 15) is 45.5 Å². The number of nitrogens with zero attached hydrogens (tertiary/aromatic N) is 5. The van der Waals surface area contributed by atoms with Crippen LogP contribution in [0, 0.1) is 76.2 Å². The molecule has 0 N–H and O–H groups in total. The van der Waals surface area contributed by atoms with E-state index in [1.165, 1.54) is 77.2 Å². The SMILES string of the molecule is Cc1cc(C2CN(Cc3cc(C)ccc3-c3cc(C(C)C)ccc3C)C(=O)O2)cc(C(F)(F)F)c1.Cc1cc(C2COC(=O)N2Cc2cc(C)ccc2-c2cc(C(C)C)ccc2C)cc(C(F)(F)F)c1.Cc1ccc(-c2cc(C(C)C)ccc2C)c(CN2CC(c3ccccn3)OC2=O)c1.Cc1ccc(C2CN(Cc3cc(C)ccc3-c3cc(C(C)C)ccc3C)C(=O)O2)cc1. The first-order chi connectivity index (χ1) is 62.1. The molecule has 16 rings (SSSR count). The summed E-state index contributed by atoms with van der Waals surface area (Å²) < 4.78 is 102. The Morgan fingerprint density at radius 2 is 0.649 bits per heavy atom. The van der Waals surface area contributed by atoms with Crippen LogP contribution in [-0.2, 0) is 57.5 Å². The van der Waals surface area contributed by atoms with Gasteiger partial charge in [-0.25, -0.2) is 19.2 Å². The fourth-order valence-electron chi connectivity index (χ4n) is 17.4. The van der Waals surface area contributed by atoms with Crippen LogP contribution in [0.5, 0.6) is 0 Å². The lowest BCUT2D eigenvalue weighted by atomic mass is 9.90. The molecule has 682 valence electrons. The number of aromatic nitrogens is 1. The van der Waals surface area contributed by atoms with E-state index in [-0.39, 0.29) is 44.1 Å². The molecule has 0 radical (unpaired) electrons. The lowest BCUT2D eigenvalue weighted by Gasteiger charge is -2.25. The highest BCUT2D eigenvalue weighted by atomic mass is 19.4. The van der Waals surface area contributed by atoms with E-state index in [1.54, 1.807) is 42.0 Å². The van der Waals surface area contributed by atoms with E-state index in [0.29, 0.717) is 78.6 Å². The van der Waals surface area contributed by atoms with Crippen molar-refractivity contribution in [3.05, 3.63) is 370 Å². The largest absolute Gasteiger partial charge is 0.447 e. The molecule has 19 heteroatoms. The molecule has 11 aromatic carbocycles. The summed E-state index contributed by atoms with van der Waals surface area (Å²) in [5.41, 5.74) is 31.0. The zero-order valence-corrected chi connectivity index (χ0v) is 78.5. The number of hydrogen-bond acceptors (Lipinski definition) is 9. The predicted molar refractivity (Wildman–Crippen MR) is 508 cm³/mol. The fourth-order valence-corrected chi connectivity index (χ4v) is 17.4. The van der Waals surface area contributed by atoms with Crippen molar-refractivity contribution < 1.29 is 64.5 Å². The van der Waals surface area contributed by atoms with E-state index >= 15 is 0 Å². The molecule has 0 saturated carbocycles. The van der Waals surface area contributed by atoms with Crippen LogP contribution in [-0.4, -0.2) is 75.2 Å². The van der Waals surface area contributed by atoms with Crippen LogP contribution in [0.4, 0.5) is 45.5 Å². The number of carbonyl (C=O) groups excluding carboxylic acids is 4. The first-order valence-corrected chi connectivity index (χ1v) is 45.1. The Labute approximate surface area is 767 Å². The van der Waals surface area contributed by atoms with Gasteiger partial charge in [0, 0.05) is 25.8 Å². The molecule has 13 nitrogen and oxygen atoms in total. The van der Waals surface area contributed by atoms with Crippen LogP contribution in [0.25, 0.3) is 44.5 Å². The van der Waals surface area contributed by atoms with Crippen LogP contribution in [0.15, 0.2) is 231 Å². The highest BCUT2D eigenvalue weighted by molar-refractivity contribution is 5.79. The maximum Gasteiger partial charge on any atom is 0.416 e. The van der Waals surface area contributed by atoms with Gasteiger partial charge in [-0.15, -0.1) is 0 Å². The minimum atomic E-state index is -4.46. The van der Waals surface area contributed by atoms with Gasteiger partial charge in [0.05, 0.1) is 49.0 Å². The third kappa shape index (κ3) is 23.3. The Morgan fingerprint density at radius 1 is 0.321 bits per heavy atom. The molecule has 12 aromatic rings. The number of benzene rings is 11. The van der Waals surface area contributed by atoms with Gasteiger partial charge in [-0.1, -0.05) is 282 Å². The van der Waals surface area contributed by atoms with Gasteiger partial charge in [-0.3, -0.25) is 24.6 Å². The summed E-state index contributed by atoms with van der Waals surface area (Å²) >= 11 is 0. The van der Waals surface area contributed by atoms with Crippen LogP contribution in [0.1, 0.15) is 243 Å². The number of halogens is 6. The lowest BCUT2D eigenvalue weighted by Crippen LogP contribution is -2.27. The lowest BCUT2D eigenvalue weighted by molar-refractivity contribution is -0.138. The van der Waals surface area contributed by atoms with Gasteiger partial charge in [0.1, 0.15) is 18.8 Å². The second-order valence-corrected chi connectivity index (χ2v) is 37.0. The van der Waals surface area contributed by atoms with Crippen molar-refractivity contribution in [1.82, 2.24) is 24.6 Å².